The van der Waals surface area contributed by atoms with E-state index in [0.717, 1.165) is 32.1 Å². The summed E-state index contributed by atoms with van der Waals surface area (Å²) < 4.78 is 0. The maximum Gasteiger partial charge on any atom is 0.225 e. The highest BCUT2D eigenvalue weighted by Gasteiger charge is 2.29. The van der Waals surface area contributed by atoms with E-state index in [4.69, 9.17) is 0 Å². The van der Waals surface area contributed by atoms with Gasteiger partial charge in [-0.1, -0.05) is 20.8 Å². The van der Waals surface area contributed by atoms with Gasteiger partial charge in [-0.3, -0.25) is 9.59 Å². The number of nitrogens with one attached hydrogen (secondary N) is 2. The highest BCUT2D eigenvalue weighted by molar-refractivity contribution is 7.07. The number of carbonyl (C=O) groups is 2. The van der Waals surface area contributed by atoms with Crippen LogP contribution in [0.4, 0.5) is 0 Å². The quantitative estimate of drug-likeness (QED) is 0.868. The first-order chi connectivity index (χ1) is 10.9. The molecule has 1 aliphatic rings. The fourth-order valence-electron chi connectivity index (χ4n) is 2.81. The van der Waals surface area contributed by atoms with E-state index in [9.17, 15) is 9.59 Å². The Balaban J connectivity index is 1.67. The van der Waals surface area contributed by atoms with Gasteiger partial charge in [0.25, 0.3) is 0 Å². The third-order valence-corrected chi connectivity index (χ3v) is 5.14. The third kappa shape index (κ3) is 5.65. The number of thiophene rings is 1. The molecule has 2 rings (SSSR count). The van der Waals surface area contributed by atoms with Gasteiger partial charge in [-0.15, -0.1) is 0 Å². The predicted octanol–water partition coefficient (Wildman–Crippen LogP) is 3.13. The first kappa shape index (κ1) is 18.0. The van der Waals surface area contributed by atoms with E-state index in [1.165, 1.54) is 5.56 Å². The second-order valence-corrected chi connectivity index (χ2v) is 8.22. The topological polar surface area (TPSA) is 58.2 Å². The van der Waals surface area contributed by atoms with Gasteiger partial charge in [0.2, 0.25) is 11.8 Å². The summed E-state index contributed by atoms with van der Waals surface area (Å²) in [5, 5.41) is 10.3. The van der Waals surface area contributed by atoms with E-state index in [-0.39, 0.29) is 29.2 Å². The van der Waals surface area contributed by atoms with Crippen molar-refractivity contribution in [2.24, 2.45) is 11.3 Å². The Morgan fingerprint density at radius 2 is 1.91 bits per heavy atom. The minimum atomic E-state index is -0.351. The van der Waals surface area contributed by atoms with Crippen molar-refractivity contribution in [3.05, 3.63) is 22.4 Å². The Hall–Kier alpha value is -1.36. The minimum absolute atomic E-state index is 0.0975. The molecular weight excluding hydrogens is 308 g/mol. The van der Waals surface area contributed by atoms with Crippen molar-refractivity contribution in [3.63, 3.8) is 0 Å². The second kappa shape index (κ2) is 7.95. The summed E-state index contributed by atoms with van der Waals surface area (Å²) in [5.41, 5.74) is 0.930. The molecule has 1 aliphatic carbocycles. The van der Waals surface area contributed by atoms with Crippen LogP contribution in [0, 0.1) is 11.3 Å². The summed E-state index contributed by atoms with van der Waals surface area (Å²) >= 11 is 1.69. The Bertz CT molecular complexity index is 512. The van der Waals surface area contributed by atoms with Gasteiger partial charge in [-0.05, 0) is 54.5 Å². The van der Waals surface area contributed by atoms with E-state index in [2.05, 4.69) is 27.5 Å². The Labute approximate surface area is 143 Å². The Kier molecular flexibility index (Phi) is 6.22. The lowest BCUT2D eigenvalue weighted by atomic mass is 9.84. The number of hydrogen-bond acceptors (Lipinski definition) is 3. The molecular formula is C18H28N2O2S. The molecule has 0 aromatic carbocycles. The van der Waals surface area contributed by atoms with Gasteiger partial charge in [0.1, 0.15) is 0 Å². The van der Waals surface area contributed by atoms with Crippen LogP contribution in [0.3, 0.4) is 0 Å². The molecule has 1 aromatic rings. The molecule has 1 saturated carbocycles. The third-order valence-electron chi connectivity index (χ3n) is 4.41. The van der Waals surface area contributed by atoms with Crippen LogP contribution < -0.4 is 10.6 Å². The van der Waals surface area contributed by atoms with E-state index >= 15 is 0 Å². The van der Waals surface area contributed by atoms with Crippen LogP contribution >= 0.6 is 11.3 Å². The summed E-state index contributed by atoms with van der Waals surface area (Å²) in [6.45, 7) is 6.48. The van der Waals surface area contributed by atoms with E-state index in [1.54, 1.807) is 11.3 Å². The predicted molar refractivity (Wildman–Crippen MR) is 94.4 cm³/mol. The van der Waals surface area contributed by atoms with Gasteiger partial charge in [0.05, 0.1) is 0 Å². The van der Waals surface area contributed by atoms with Crippen LogP contribution in [0.2, 0.25) is 0 Å². The molecule has 0 aliphatic heterocycles. The Morgan fingerprint density at radius 1 is 1.22 bits per heavy atom. The molecule has 2 amide bonds. The monoisotopic (exact) mass is 336 g/mol. The van der Waals surface area contributed by atoms with Crippen LogP contribution in [0.5, 0.6) is 0 Å². The number of amides is 2. The summed E-state index contributed by atoms with van der Waals surface area (Å²) in [4.78, 5) is 24.2. The standard InChI is InChI=1S/C18H28N2O2S/c1-18(2,3)17(22)20-15-6-4-14(5-7-15)16(21)19-10-8-13-9-11-23-12-13/h9,11-12,14-15H,4-8,10H2,1-3H3,(H,19,21)(H,20,22). The highest BCUT2D eigenvalue weighted by atomic mass is 32.1. The molecule has 128 valence electrons. The average molecular weight is 337 g/mol. The lowest BCUT2D eigenvalue weighted by Gasteiger charge is -2.30. The zero-order valence-electron chi connectivity index (χ0n) is 14.4. The van der Waals surface area contributed by atoms with Crippen molar-refractivity contribution in [2.75, 3.05) is 6.54 Å². The summed E-state index contributed by atoms with van der Waals surface area (Å²) in [5.74, 6) is 0.363. The molecule has 5 heteroatoms. The molecule has 0 radical (unpaired) electrons. The molecule has 4 nitrogen and oxygen atoms in total. The van der Waals surface area contributed by atoms with Crippen molar-refractivity contribution >= 4 is 23.2 Å². The molecule has 1 aromatic heterocycles. The molecule has 1 fully saturated rings. The van der Waals surface area contributed by atoms with Crippen molar-refractivity contribution in [3.8, 4) is 0 Å². The van der Waals surface area contributed by atoms with Crippen LogP contribution in [0.25, 0.3) is 0 Å². The average Bonchev–Trinajstić information content (AvgIpc) is 3.00. The fraction of sp³-hybridized carbons (Fsp3) is 0.667. The Morgan fingerprint density at radius 3 is 2.48 bits per heavy atom. The smallest absolute Gasteiger partial charge is 0.225 e. The molecule has 1 heterocycles. The first-order valence-corrected chi connectivity index (χ1v) is 9.40. The minimum Gasteiger partial charge on any atom is -0.356 e. The maximum atomic E-state index is 12.2. The molecule has 2 N–H and O–H groups in total. The van der Waals surface area contributed by atoms with Gasteiger partial charge in [0, 0.05) is 23.9 Å². The lowest BCUT2D eigenvalue weighted by Crippen LogP contribution is -2.44. The van der Waals surface area contributed by atoms with Crippen molar-refractivity contribution in [1.29, 1.82) is 0 Å². The van der Waals surface area contributed by atoms with Crippen LogP contribution in [-0.2, 0) is 16.0 Å². The van der Waals surface area contributed by atoms with Crippen LogP contribution in [0.15, 0.2) is 16.8 Å². The van der Waals surface area contributed by atoms with Crippen molar-refractivity contribution in [1.82, 2.24) is 10.6 Å². The number of hydrogen-bond donors (Lipinski definition) is 2. The number of carbonyl (C=O) groups excluding carboxylic acids is 2. The van der Waals surface area contributed by atoms with Gasteiger partial charge in [-0.25, -0.2) is 0 Å². The van der Waals surface area contributed by atoms with Crippen LogP contribution in [0.1, 0.15) is 52.0 Å². The van der Waals surface area contributed by atoms with Gasteiger partial charge < -0.3 is 10.6 Å². The van der Waals surface area contributed by atoms with Crippen molar-refractivity contribution in [2.45, 2.75) is 58.9 Å². The zero-order valence-corrected chi connectivity index (χ0v) is 15.2. The summed E-state index contributed by atoms with van der Waals surface area (Å²) in [7, 11) is 0. The van der Waals surface area contributed by atoms with Crippen LogP contribution in [-0.4, -0.2) is 24.4 Å². The molecule has 0 spiro atoms. The molecule has 0 saturated heterocycles. The van der Waals surface area contributed by atoms with E-state index < -0.39 is 0 Å². The molecule has 0 unspecified atom stereocenters. The molecule has 0 bridgehead atoms. The van der Waals surface area contributed by atoms with Crippen molar-refractivity contribution < 1.29 is 9.59 Å². The van der Waals surface area contributed by atoms with E-state index in [1.807, 2.05) is 20.8 Å². The fourth-order valence-corrected chi connectivity index (χ4v) is 3.51. The largest absolute Gasteiger partial charge is 0.356 e. The zero-order chi connectivity index (χ0) is 16.9. The van der Waals surface area contributed by atoms with Gasteiger partial charge in [0.15, 0.2) is 0 Å². The van der Waals surface area contributed by atoms with Gasteiger partial charge in [-0.2, -0.15) is 11.3 Å². The SMILES string of the molecule is CC(C)(C)C(=O)NC1CCC(C(=O)NCCc2ccsc2)CC1. The molecule has 23 heavy (non-hydrogen) atoms. The number of rotatable bonds is 5. The molecule has 0 atom stereocenters. The summed E-state index contributed by atoms with van der Waals surface area (Å²) in [6, 6.07) is 2.32. The lowest BCUT2D eigenvalue weighted by molar-refractivity contribution is -0.129. The second-order valence-electron chi connectivity index (χ2n) is 7.44. The maximum absolute atomic E-state index is 12.2. The first-order valence-electron chi connectivity index (χ1n) is 8.46. The van der Waals surface area contributed by atoms with Gasteiger partial charge >= 0.3 is 0 Å². The van der Waals surface area contributed by atoms with E-state index in [0.29, 0.717) is 6.54 Å². The normalized spacial score (nSPS) is 21.7. The summed E-state index contributed by atoms with van der Waals surface area (Å²) in [6.07, 6.45) is 4.40. The highest BCUT2D eigenvalue weighted by Crippen LogP contribution is 2.25.